The average Bonchev–Trinajstić information content (AvgIpc) is 2.45. The Hall–Kier alpha value is -0.730. The Kier molecular flexibility index (Phi) is 5.79. The largest absolute Gasteiger partial charge is 0.328 e. The molecule has 0 aliphatic heterocycles. The van der Waals surface area contributed by atoms with Gasteiger partial charge in [-0.15, -0.1) is 0 Å². The summed E-state index contributed by atoms with van der Waals surface area (Å²) in [4.78, 5) is 0. The second-order valence-electron chi connectivity index (χ2n) is 5.69. The maximum atomic E-state index is 13.8. The molecule has 3 N–H and O–H groups in total. The van der Waals surface area contributed by atoms with Gasteiger partial charge in [-0.25, -0.2) is 4.39 Å². The normalized spacial score (nSPS) is 23.0. The quantitative estimate of drug-likeness (QED) is 0.853. The van der Waals surface area contributed by atoms with E-state index in [0.717, 1.165) is 17.1 Å². The molecule has 1 aliphatic carbocycles. The van der Waals surface area contributed by atoms with E-state index in [-0.39, 0.29) is 29.2 Å². The van der Waals surface area contributed by atoms with Gasteiger partial charge in [0.1, 0.15) is 5.82 Å². The maximum absolute atomic E-state index is 13.8. The van der Waals surface area contributed by atoms with Crippen molar-refractivity contribution < 1.29 is 12.8 Å². The van der Waals surface area contributed by atoms with Crippen molar-refractivity contribution in [2.45, 2.75) is 44.3 Å². The summed E-state index contributed by atoms with van der Waals surface area (Å²) in [5, 5.41) is 0.214. The van der Waals surface area contributed by atoms with E-state index < -0.39 is 16.0 Å². The number of nitrogens with zero attached hydrogens (tertiary/aromatic N) is 1. The number of hydrogen-bond acceptors (Lipinski definition) is 3. The van der Waals surface area contributed by atoms with Gasteiger partial charge in [-0.3, -0.25) is 0 Å². The first-order chi connectivity index (χ1) is 10.3. The van der Waals surface area contributed by atoms with Crippen LogP contribution in [0, 0.1) is 5.82 Å². The minimum absolute atomic E-state index is 0.118. The predicted molar refractivity (Wildman–Crippen MR) is 85.2 cm³/mol. The Balaban J connectivity index is 2.03. The van der Waals surface area contributed by atoms with Gasteiger partial charge >= 0.3 is 0 Å². The maximum Gasteiger partial charge on any atom is 0.279 e. The zero-order valence-electron chi connectivity index (χ0n) is 12.4. The van der Waals surface area contributed by atoms with Crippen LogP contribution in [0.1, 0.15) is 31.2 Å². The van der Waals surface area contributed by atoms with Crippen molar-refractivity contribution in [1.29, 1.82) is 0 Å². The zero-order valence-corrected chi connectivity index (χ0v) is 14.0. The van der Waals surface area contributed by atoms with Crippen LogP contribution < -0.4 is 10.5 Å². The highest BCUT2D eigenvalue weighted by molar-refractivity contribution is 7.87. The van der Waals surface area contributed by atoms with Crippen LogP contribution in [0.3, 0.4) is 0 Å². The second-order valence-corrected chi connectivity index (χ2v) is 7.91. The van der Waals surface area contributed by atoms with E-state index in [2.05, 4.69) is 4.72 Å². The number of hydrogen-bond donors (Lipinski definition) is 2. The van der Waals surface area contributed by atoms with Crippen molar-refractivity contribution in [1.82, 2.24) is 9.03 Å². The minimum atomic E-state index is -3.69. The number of rotatable bonds is 5. The molecule has 1 aromatic rings. The molecule has 5 nitrogen and oxygen atoms in total. The van der Waals surface area contributed by atoms with Crippen molar-refractivity contribution in [2.75, 3.05) is 7.05 Å². The molecule has 1 aromatic carbocycles. The molecule has 0 heterocycles. The SMILES string of the molecule is CN(Cc1c(F)cccc1Cl)S(=O)(=O)NC1CCC(N)CC1. The predicted octanol–water partition coefficient (Wildman–Crippen LogP) is 2.02. The highest BCUT2D eigenvalue weighted by Crippen LogP contribution is 2.22. The average molecular weight is 350 g/mol. The number of benzene rings is 1. The molecule has 0 atom stereocenters. The molecule has 0 unspecified atom stereocenters. The van der Waals surface area contributed by atoms with Gasteiger partial charge in [0.05, 0.1) is 0 Å². The summed E-state index contributed by atoms with van der Waals surface area (Å²) in [6.07, 6.45) is 3.04. The lowest BCUT2D eigenvalue weighted by atomic mass is 9.93. The van der Waals surface area contributed by atoms with Crippen LogP contribution in [-0.4, -0.2) is 31.9 Å². The number of nitrogens with one attached hydrogen (secondary N) is 1. The Morgan fingerprint density at radius 1 is 1.36 bits per heavy atom. The fourth-order valence-electron chi connectivity index (χ4n) is 2.53. The zero-order chi connectivity index (χ0) is 16.3. The lowest BCUT2D eigenvalue weighted by Gasteiger charge is -2.28. The van der Waals surface area contributed by atoms with Crippen molar-refractivity contribution in [3.63, 3.8) is 0 Å². The van der Waals surface area contributed by atoms with Crippen LogP contribution in [0.25, 0.3) is 0 Å². The number of halogens is 2. The minimum Gasteiger partial charge on any atom is -0.328 e. The van der Waals surface area contributed by atoms with Crippen LogP contribution in [0.15, 0.2) is 18.2 Å². The fourth-order valence-corrected chi connectivity index (χ4v) is 3.89. The van der Waals surface area contributed by atoms with Gasteiger partial charge in [-0.2, -0.15) is 17.4 Å². The Morgan fingerprint density at radius 2 is 2.00 bits per heavy atom. The van der Waals surface area contributed by atoms with Crippen molar-refractivity contribution in [3.8, 4) is 0 Å². The third kappa shape index (κ3) is 4.39. The highest BCUT2D eigenvalue weighted by Gasteiger charge is 2.26. The molecule has 0 spiro atoms. The Bertz CT molecular complexity index is 598. The molecule has 8 heteroatoms. The van der Waals surface area contributed by atoms with Crippen LogP contribution in [0.5, 0.6) is 0 Å². The molecule has 1 aliphatic rings. The van der Waals surface area contributed by atoms with Crippen LogP contribution >= 0.6 is 11.6 Å². The van der Waals surface area contributed by atoms with E-state index in [1.807, 2.05) is 0 Å². The summed E-state index contributed by atoms with van der Waals surface area (Å²) in [5.41, 5.74) is 5.98. The van der Waals surface area contributed by atoms with Gasteiger partial charge < -0.3 is 5.73 Å². The van der Waals surface area contributed by atoms with Gasteiger partial charge in [-0.05, 0) is 37.8 Å². The van der Waals surface area contributed by atoms with Crippen molar-refractivity contribution in [3.05, 3.63) is 34.6 Å². The van der Waals surface area contributed by atoms with Crippen molar-refractivity contribution in [2.24, 2.45) is 5.73 Å². The molecule has 1 saturated carbocycles. The van der Waals surface area contributed by atoms with Gasteiger partial charge in [0.15, 0.2) is 0 Å². The summed E-state index contributed by atoms with van der Waals surface area (Å²) in [5.74, 6) is -0.516. The molecule has 2 rings (SSSR count). The van der Waals surface area contributed by atoms with Gasteiger partial charge in [0, 0.05) is 36.3 Å². The second kappa shape index (κ2) is 7.23. The van der Waals surface area contributed by atoms with Crippen LogP contribution in [-0.2, 0) is 16.8 Å². The summed E-state index contributed by atoms with van der Waals surface area (Å²) in [6.45, 7) is -0.118. The monoisotopic (exact) mass is 349 g/mol. The smallest absolute Gasteiger partial charge is 0.279 e. The fraction of sp³-hybridized carbons (Fsp3) is 0.571. The van der Waals surface area contributed by atoms with E-state index in [9.17, 15) is 12.8 Å². The standard InChI is InChI=1S/C14H21ClFN3O2S/c1-19(9-12-13(15)3-2-4-14(12)16)22(20,21)18-11-7-5-10(17)6-8-11/h2-4,10-11,18H,5-9,17H2,1H3. The first kappa shape index (κ1) is 17.6. The van der Waals surface area contributed by atoms with E-state index in [1.165, 1.54) is 25.2 Å². The third-order valence-corrected chi connectivity index (χ3v) is 5.88. The lowest BCUT2D eigenvalue weighted by Crippen LogP contribution is -2.46. The van der Waals surface area contributed by atoms with E-state index in [4.69, 9.17) is 17.3 Å². The Labute approximate surface area is 135 Å². The molecule has 0 aromatic heterocycles. The molecular weight excluding hydrogens is 329 g/mol. The van der Waals surface area contributed by atoms with Gasteiger partial charge in [0.2, 0.25) is 0 Å². The first-order valence-electron chi connectivity index (χ1n) is 7.21. The molecule has 1 fully saturated rings. The van der Waals surface area contributed by atoms with E-state index in [1.54, 1.807) is 0 Å². The Morgan fingerprint density at radius 3 is 2.59 bits per heavy atom. The number of nitrogens with two attached hydrogens (primary N) is 1. The van der Waals surface area contributed by atoms with Crippen LogP contribution in [0.4, 0.5) is 4.39 Å². The lowest BCUT2D eigenvalue weighted by molar-refractivity contribution is 0.361. The molecule has 124 valence electrons. The first-order valence-corrected chi connectivity index (χ1v) is 9.03. The van der Waals surface area contributed by atoms with Crippen LogP contribution in [0.2, 0.25) is 5.02 Å². The summed E-state index contributed by atoms with van der Waals surface area (Å²) >= 11 is 5.94. The molecule has 22 heavy (non-hydrogen) atoms. The summed E-state index contributed by atoms with van der Waals surface area (Å²) in [7, 11) is -2.29. The third-order valence-electron chi connectivity index (χ3n) is 3.94. The highest BCUT2D eigenvalue weighted by atomic mass is 35.5. The summed E-state index contributed by atoms with van der Waals surface area (Å²) < 4.78 is 42.1. The van der Waals surface area contributed by atoms with Gasteiger partial charge in [0.25, 0.3) is 10.2 Å². The molecular formula is C14H21ClFN3O2S. The molecule has 0 amide bonds. The van der Waals surface area contributed by atoms with E-state index >= 15 is 0 Å². The molecule has 0 saturated heterocycles. The summed E-state index contributed by atoms with van der Waals surface area (Å²) in [6, 6.07) is 4.31. The van der Waals surface area contributed by atoms with E-state index in [0.29, 0.717) is 12.8 Å². The van der Waals surface area contributed by atoms with Crippen molar-refractivity contribution >= 4 is 21.8 Å². The van der Waals surface area contributed by atoms with Gasteiger partial charge in [-0.1, -0.05) is 17.7 Å². The molecule has 0 radical (unpaired) electrons. The topological polar surface area (TPSA) is 75.4 Å². The molecule has 0 bridgehead atoms.